The highest BCUT2D eigenvalue weighted by molar-refractivity contribution is 5.62. The molecule has 1 atom stereocenters. The third-order valence-corrected chi connectivity index (χ3v) is 3.83. The molecule has 3 nitrogen and oxygen atoms in total. The van der Waals surface area contributed by atoms with Crippen LogP contribution in [0, 0.1) is 5.92 Å². The Hall–Kier alpha value is -1.22. The predicted octanol–water partition coefficient (Wildman–Crippen LogP) is 1.67. The van der Waals surface area contributed by atoms with Crippen LogP contribution in [0.5, 0.6) is 5.75 Å². The zero-order valence-corrected chi connectivity index (χ0v) is 10.4. The van der Waals surface area contributed by atoms with Gasteiger partial charge in [0.1, 0.15) is 12.4 Å². The van der Waals surface area contributed by atoms with E-state index in [1.807, 2.05) is 0 Å². The summed E-state index contributed by atoms with van der Waals surface area (Å²) in [5.74, 6) is 1.89. The zero-order chi connectivity index (χ0) is 11.7. The van der Waals surface area contributed by atoms with Crippen LogP contribution in [0.1, 0.15) is 12.0 Å². The number of nitrogens with one attached hydrogen (secondary N) is 1. The Bertz CT molecular complexity index is 399. The van der Waals surface area contributed by atoms with E-state index in [0.717, 1.165) is 37.8 Å². The zero-order valence-electron chi connectivity index (χ0n) is 10.4. The van der Waals surface area contributed by atoms with Gasteiger partial charge in [-0.05, 0) is 43.5 Å². The SMILES string of the molecule is CN1CCOc2c(CC3CCNC3)cccc21. The van der Waals surface area contributed by atoms with Crippen molar-refractivity contribution in [3.8, 4) is 5.75 Å². The average molecular weight is 232 g/mol. The topological polar surface area (TPSA) is 24.5 Å². The number of para-hydroxylation sites is 1. The van der Waals surface area contributed by atoms with Gasteiger partial charge in [0.25, 0.3) is 0 Å². The molecule has 3 heteroatoms. The lowest BCUT2D eigenvalue weighted by Gasteiger charge is -2.29. The standard InChI is InChI=1S/C14H20N2O/c1-16-7-8-17-14-12(3-2-4-13(14)16)9-11-5-6-15-10-11/h2-4,11,15H,5-10H2,1H3. The van der Waals surface area contributed by atoms with Crippen LogP contribution in [-0.2, 0) is 6.42 Å². The normalized spacial score (nSPS) is 23.4. The van der Waals surface area contributed by atoms with Gasteiger partial charge >= 0.3 is 0 Å². The molecule has 1 aromatic carbocycles. The quantitative estimate of drug-likeness (QED) is 0.839. The van der Waals surface area contributed by atoms with Crippen LogP contribution >= 0.6 is 0 Å². The molecule has 1 unspecified atom stereocenters. The smallest absolute Gasteiger partial charge is 0.145 e. The Balaban J connectivity index is 1.86. The van der Waals surface area contributed by atoms with Gasteiger partial charge in [0.05, 0.1) is 12.2 Å². The van der Waals surface area contributed by atoms with Crippen LogP contribution in [0.15, 0.2) is 18.2 Å². The molecule has 1 N–H and O–H groups in total. The Kier molecular flexibility index (Phi) is 2.93. The van der Waals surface area contributed by atoms with Crippen LogP contribution in [0.4, 0.5) is 5.69 Å². The number of likely N-dealkylation sites (N-methyl/N-ethyl adjacent to an activating group) is 1. The Morgan fingerprint density at radius 3 is 3.24 bits per heavy atom. The summed E-state index contributed by atoms with van der Waals surface area (Å²) in [4.78, 5) is 2.29. The van der Waals surface area contributed by atoms with E-state index >= 15 is 0 Å². The van der Waals surface area contributed by atoms with Gasteiger partial charge in [0, 0.05) is 7.05 Å². The highest BCUT2D eigenvalue weighted by atomic mass is 16.5. The fourth-order valence-electron chi connectivity index (χ4n) is 2.80. The first kappa shape index (κ1) is 10.9. The maximum absolute atomic E-state index is 5.87. The average Bonchev–Trinajstić information content (AvgIpc) is 2.83. The van der Waals surface area contributed by atoms with Crippen molar-refractivity contribution >= 4 is 5.69 Å². The summed E-state index contributed by atoms with van der Waals surface area (Å²) >= 11 is 0. The molecule has 3 rings (SSSR count). The lowest BCUT2D eigenvalue weighted by Crippen LogP contribution is -2.29. The van der Waals surface area contributed by atoms with E-state index in [1.165, 1.54) is 24.2 Å². The highest BCUT2D eigenvalue weighted by Gasteiger charge is 2.21. The maximum atomic E-state index is 5.87. The number of hydrogen-bond donors (Lipinski definition) is 1. The molecule has 2 aliphatic rings. The lowest BCUT2D eigenvalue weighted by molar-refractivity contribution is 0.306. The number of hydrogen-bond acceptors (Lipinski definition) is 3. The first-order valence-electron chi connectivity index (χ1n) is 6.51. The minimum Gasteiger partial charge on any atom is -0.489 e. The van der Waals surface area contributed by atoms with Crippen molar-refractivity contribution in [1.29, 1.82) is 0 Å². The van der Waals surface area contributed by atoms with Crippen LogP contribution in [0.3, 0.4) is 0 Å². The molecule has 0 aliphatic carbocycles. The highest BCUT2D eigenvalue weighted by Crippen LogP contribution is 2.35. The second kappa shape index (κ2) is 4.57. The van der Waals surface area contributed by atoms with E-state index in [-0.39, 0.29) is 0 Å². The third-order valence-electron chi connectivity index (χ3n) is 3.83. The second-order valence-electron chi connectivity index (χ2n) is 5.10. The van der Waals surface area contributed by atoms with Crippen molar-refractivity contribution < 1.29 is 4.74 Å². The first-order chi connectivity index (χ1) is 8.34. The van der Waals surface area contributed by atoms with E-state index < -0.39 is 0 Å². The van der Waals surface area contributed by atoms with Gasteiger partial charge in [-0.3, -0.25) is 0 Å². The van der Waals surface area contributed by atoms with Crippen molar-refractivity contribution in [2.24, 2.45) is 5.92 Å². The summed E-state index contributed by atoms with van der Waals surface area (Å²) in [6, 6.07) is 6.53. The van der Waals surface area contributed by atoms with Crippen molar-refractivity contribution in [3.63, 3.8) is 0 Å². The summed E-state index contributed by atoms with van der Waals surface area (Å²) < 4.78 is 5.87. The molecule has 0 spiro atoms. The van der Waals surface area contributed by atoms with Gasteiger partial charge in [-0.25, -0.2) is 0 Å². The number of fused-ring (bicyclic) bond motifs is 1. The number of ether oxygens (including phenoxy) is 1. The number of rotatable bonds is 2. The van der Waals surface area contributed by atoms with Gasteiger partial charge in [-0.15, -0.1) is 0 Å². The first-order valence-corrected chi connectivity index (χ1v) is 6.51. The van der Waals surface area contributed by atoms with Gasteiger partial charge in [-0.2, -0.15) is 0 Å². The minimum atomic E-state index is 0.775. The Labute approximate surface area is 103 Å². The molecular formula is C14H20N2O. The molecule has 0 saturated carbocycles. The van der Waals surface area contributed by atoms with Crippen molar-refractivity contribution in [2.75, 3.05) is 38.2 Å². The van der Waals surface area contributed by atoms with E-state index in [1.54, 1.807) is 0 Å². The maximum Gasteiger partial charge on any atom is 0.145 e. The van der Waals surface area contributed by atoms with E-state index in [2.05, 4.69) is 35.5 Å². The number of anilines is 1. The number of benzene rings is 1. The second-order valence-corrected chi connectivity index (χ2v) is 5.10. The molecule has 2 aliphatic heterocycles. The van der Waals surface area contributed by atoms with E-state index in [9.17, 15) is 0 Å². The largest absolute Gasteiger partial charge is 0.489 e. The molecule has 17 heavy (non-hydrogen) atoms. The molecule has 0 radical (unpaired) electrons. The summed E-state index contributed by atoms with van der Waals surface area (Å²) in [5, 5.41) is 3.43. The molecular weight excluding hydrogens is 212 g/mol. The Morgan fingerprint density at radius 1 is 1.47 bits per heavy atom. The Morgan fingerprint density at radius 2 is 2.41 bits per heavy atom. The van der Waals surface area contributed by atoms with Crippen molar-refractivity contribution in [2.45, 2.75) is 12.8 Å². The molecule has 2 heterocycles. The summed E-state index contributed by atoms with van der Waals surface area (Å²) in [5.41, 5.74) is 2.63. The molecule has 1 aromatic rings. The lowest BCUT2D eigenvalue weighted by atomic mass is 9.97. The molecule has 92 valence electrons. The van der Waals surface area contributed by atoms with Crippen LogP contribution < -0.4 is 15.0 Å². The fraction of sp³-hybridized carbons (Fsp3) is 0.571. The van der Waals surface area contributed by atoms with Gasteiger partial charge in [0.15, 0.2) is 0 Å². The summed E-state index contributed by atoms with van der Waals surface area (Å²) in [6.07, 6.45) is 2.43. The van der Waals surface area contributed by atoms with Crippen molar-refractivity contribution in [3.05, 3.63) is 23.8 Å². The van der Waals surface area contributed by atoms with Crippen LogP contribution in [0.25, 0.3) is 0 Å². The van der Waals surface area contributed by atoms with Gasteiger partial charge < -0.3 is 15.0 Å². The minimum absolute atomic E-state index is 0.775. The predicted molar refractivity (Wildman–Crippen MR) is 69.9 cm³/mol. The molecule has 1 fully saturated rings. The van der Waals surface area contributed by atoms with Gasteiger partial charge in [-0.1, -0.05) is 12.1 Å². The van der Waals surface area contributed by atoms with Crippen LogP contribution in [-0.4, -0.2) is 33.3 Å². The molecule has 0 bridgehead atoms. The molecule has 1 saturated heterocycles. The molecule has 0 amide bonds. The summed E-state index contributed by atoms with van der Waals surface area (Å²) in [7, 11) is 2.14. The fourth-order valence-corrected chi connectivity index (χ4v) is 2.80. The van der Waals surface area contributed by atoms with Gasteiger partial charge in [0.2, 0.25) is 0 Å². The van der Waals surface area contributed by atoms with E-state index in [0.29, 0.717) is 0 Å². The molecule has 0 aromatic heterocycles. The van der Waals surface area contributed by atoms with E-state index in [4.69, 9.17) is 4.74 Å². The number of nitrogens with zero attached hydrogens (tertiary/aromatic N) is 1. The van der Waals surface area contributed by atoms with Crippen LogP contribution in [0.2, 0.25) is 0 Å². The third kappa shape index (κ3) is 2.12. The summed E-state index contributed by atoms with van der Waals surface area (Å²) in [6.45, 7) is 4.12. The monoisotopic (exact) mass is 232 g/mol. The van der Waals surface area contributed by atoms with Crippen molar-refractivity contribution in [1.82, 2.24) is 5.32 Å².